The molecule has 0 radical (unpaired) electrons. The van der Waals surface area contributed by atoms with E-state index in [1.165, 1.54) is 17.5 Å². The van der Waals surface area contributed by atoms with Gasteiger partial charge in [0.1, 0.15) is 0 Å². The van der Waals surface area contributed by atoms with Gasteiger partial charge in [0.05, 0.1) is 25.7 Å². The Hall–Kier alpha value is -1.56. The molecule has 252 valence electrons. The van der Waals surface area contributed by atoms with Crippen molar-refractivity contribution in [3.8, 4) is 0 Å². The molecular weight excluding hydrogens is 609 g/mol. The minimum atomic E-state index is -2.79. The molecule has 0 aliphatic heterocycles. The summed E-state index contributed by atoms with van der Waals surface area (Å²) in [5, 5.41) is 2.40. The quantitative estimate of drug-likeness (QED) is 0.125. The molecule has 3 rings (SSSR count). The van der Waals surface area contributed by atoms with E-state index in [0.29, 0.717) is 13.0 Å². The molecule has 1 saturated carbocycles. The predicted octanol–water partition coefficient (Wildman–Crippen LogP) is 8.54. The van der Waals surface area contributed by atoms with Gasteiger partial charge in [-0.3, -0.25) is 4.79 Å². The Labute approximate surface area is 278 Å². The Kier molecular flexibility index (Phi) is 13.9. The molecule has 0 saturated heterocycles. The smallest absolute Gasteiger partial charge is 0.305 e. The minimum absolute atomic E-state index is 0.00773. The van der Waals surface area contributed by atoms with Crippen LogP contribution in [0.2, 0.25) is 41.3 Å². The largest absolute Gasteiger partial charge is 0.469 e. The highest BCUT2D eigenvalue weighted by Crippen LogP contribution is 2.45. The molecule has 0 amide bonds. The van der Waals surface area contributed by atoms with Crippen LogP contribution in [0.25, 0.3) is 0 Å². The molecule has 0 bridgehead atoms. The Morgan fingerprint density at radius 1 is 0.689 bits per heavy atom. The van der Waals surface area contributed by atoms with Crippen molar-refractivity contribution in [1.29, 1.82) is 0 Å². The zero-order chi connectivity index (χ0) is 33.3. The van der Waals surface area contributed by atoms with E-state index in [9.17, 15) is 4.79 Å². The summed E-state index contributed by atoms with van der Waals surface area (Å²) in [5.41, 5.74) is 0. The van der Waals surface area contributed by atoms with Crippen LogP contribution in [-0.4, -0.2) is 56.8 Å². The molecule has 1 aliphatic rings. The maximum Gasteiger partial charge on any atom is 0.305 e. The highest BCUT2D eigenvalue weighted by atomic mass is 28.4. The minimum Gasteiger partial charge on any atom is -0.469 e. The number of rotatable bonds is 17. The number of methoxy groups -OCH3 is 1. The van der Waals surface area contributed by atoms with Crippen molar-refractivity contribution in [2.45, 2.75) is 129 Å². The third-order valence-corrected chi connectivity index (χ3v) is 25.5. The molecule has 0 unspecified atom stereocenters. The molecule has 4 atom stereocenters. The normalized spacial score (nSPS) is 21.2. The summed E-state index contributed by atoms with van der Waals surface area (Å²) in [6.45, 7) is 21.2. The second kappa shape index (κ2) is 16.5. The van der Waals surface area contributed by atoms with Gasteiger partial charge in [-0.25, -0.2) is 0 Å². The fourth-order valence-electron chi connectivity index (χ4n) is 7.82. The van der Waals surface area contributed by atoms with Crippen molar-refractivity contribution in [3.05, 3.63) is 60.7 Å². The van der Waals surface area contributed by atoms with Crippen LogP contribution in [0.15, 0.2) is 60.7 Å². The number of benzene rings is 2. The summed E-state index contributed by atoms with van der Waals surface area (Å²) in [5.74, 6) is -0.162. The van der Waals surface area contributed by atoms with E-state index in [2.05, 4.69) is 123 Å². The van der Waals surface area contributed by atoms with E-state index in [4.69, 9.17) is 18.0 Å². The standard InChI is InChI=1S/C37H62O5Si3/c1-11-43(12-2,13-3)41-34-28-35(42-44(14-4,15-5)16-6)33(32(34)27-36(38)39-10)29-40-45(37(7,8)9,30-23-19-17-20-24-30)31-25-21-18-22-26-31/h17-26,32-35H,11-16,27-29H2,1-10H3/t32-,33+,34-,35+/m1/s1. The van der Waals surface area contributed by atoms with Crippen molar-refractivity contribution in [2.24, 2.45) is 11.8 Å². The zero-order valence-electron chi connectivity index (χ0n) is 30.0. The molecule has 2 aromatic rings. The summed E-state index contributed by atoms with van der Waals surface area (Å²) in [6.07, 6.45) is 1.10. The van der Waals surface area contributed by atoms with Crippen molar-refractivity contribution in [2.75, 3.05) is 13.7 Å². The van der Waals surface area contributed by atoms with Crippen LogP contribution in [0, 0.1) is 11.8 Å². The summed E-state index contributed by atoms with van der Waals surface area (Å²) in [7, 11) is -5.20. The molecular formula is C37H62O5Si3. The van der Waals surface area contributed by atoms with Crippen molar-refractivity contribution in [3.63, 3.8) is 0 Å². The molecule has 0 spiro atoms. The fourth-order valence-corrected chi connectivity index (χ4v) is 18.2. The van der Waals surface area contributed by atoms with Crippen molar-refractivity contribution < 1.29 is 22.8 Å². The molecule has 2 aromatic carbocycles. The molecule has 1 fully saturated rings. The van der Waals surface area contributed by atoms with Gasteiger partial charge in [-0.05, 0) is 58.1 Å². The number of hydrogen-bond acceptors (Lipinski definition) is 5. The molecule has 8 heteroatoms. The summed E-state index contributed by atoms with van der Waals surface area (Å²) in [6, 6.07) is 28.2. The highest BCUT2D eigenvalue weighted by molar-refractivity contribution is 6.99. The van der Waals surface area contributed by atoms with Crippen LogP contribution in [0.3, 0.4) is 0 Å². The topological polar surface area (TPSA) is 54.0 Å². The van der Waals surface area contributed by atoms with Crippen molar-refractivity contribution in [1.82, 2.24) is 0 Å². The third kappa shape index (κ3) is 8.30. The highest BCUT2D eigenvalue weighted by Gasteiger charge is 2.54. The SMILES string of the molecule is CC[Si](CC)(CC)O[C@H]1C[C@@H](O[Si](CC)(CC)CC)[C@H](CC(=O)OC)[C@@H]1CO[Si](c1ccccc1)(c1ccccc1)C(C)(C)C. The van der Waals surface area contributed by atoms with Crippen LogP contribution in [-0.2, 0) is 22.8 Å². The monoisotopic (exact) mass is 670 g/mol. The van der Waals surface area contributed by atoms with Crippen LogP contribution in [0.5, 0.6) is 0 Å². The van der Waals surface area contributed by atoms with Gasteiger partial charge in [-0.2, -0.15) is 0 Å². The van der Waals surface area contributed by atoms with Crippen molar-refractivity contribution >= 4 is 41.3 Å². The van der Waals surface area contributed by atoms with E-state index >= 15 is 0 Å². The first kappa shape index (κ1) is 37.9. The molecule has 0 aromatic heterocycles. The lowest BCUT2D eigenvalue weighted by Gasteiger charge is -2.44. The predicted molar refractivity (Wildman–Crippen MR) is 196 cm³/mol. The Morgan fingerprint density at radius 3 is 1.44 bits per heavy atom. The lowest BCUT2D eigenvalue weighted by Crippen LogP contribution is -2.67. The molecule has 0 N–H and O–H groups in total. The molecule has 1 aliphatic carbocycles. The van der Waals surface area contributed by atoms with Gasteiger partial charge in [-0.1, -0.05) is 123 Å². The number of ether oxygens (including phenoxy) is 1. The van der Waals surface area contributed by atoms with Gasteiger partial charge in [-0.15, -0.1) is 0 Å². The summed E-state index contributed by atoms with van der Waals surface area (Å²) in [4.78, 5) is 13.1. The number of hydrogen-bond donors (Lipinski definition) is 0. The summed E-state index contributed by atoms with van der Waals surface area (Å²) < 4.78 is 27.5. The van der Waals surface area contributed by atoms with Crippen LogP contribution < -0.4 is 10.4 Å². The summed E-state index contributed by atoms with van der Waals surface area (Å²) >= 11 is 0. The maximum atomic E-state index is 13.1. The van der Waals surface area contributed by atoms with E-state index < -0.39 is 25.0 Å². The second-order valence-electron chi connectivity index (χ2n) is 14.1. The first-order valence-corrected chi connectivity index (χ1v) is 24.6. The first-order valence-electron chi connectivity index (χ1n) is 17.6. The van der Waals surface area contributed by atoms with Crippen LogP contribution in [0.4, 0.5) is 0 Å². The van der Waals surface area contributed by atoms with Gasteiger partial charge in [0.2, 0.25) is 0 Å². The fraction of sp³-hybridized carbons (Fsp3) is 0.649. The number of carbonyl (C=O) groups is 1. The van der Waals surface area contributed by atoms with E-state index in [1.807, 2.05) is 0 Å². The van der Waals surface area contributed by atoms with E-state index in [0.717, 1.165) is 42.7 Å². The van der Waals surface area contributed by atoms with Gasteiger partial charge in [0.25, 0.3) is 8.32 Å². The van der Waals surface area contributed by atoms with E-state index in [1.54, 1.807) is 0 Å². The van der Waals surface area contributed by atoms with Crippen LogP contribution >= 0.6 is 0 Å². The maximum absolute atomic E-state index is 13.1. The second-order valence-corrected chi connectivity index (χ2v) is 27.9. The Balaban J connectivity index is 2.17. The van der Waals surface area contributed by atoms with Gasteiger partial charge in [0, 0.05) is 18.4 Å². The van der Waals surface area contributed by atoms with Gasteiger partial charge >= 0.3 is 5.97 Å². The van der Waals surface area contributed by atoms with Crippen LogP contribution in [0.1, 0.15) is 75.2 Å². The molecule has 0 heterocycles. The first-order chi connectivity index (χ1) is 21.4. The third-order valence-electron chi connectivity index (χ3n) is 11.2. The van der Waals surface area contributed by atoms with E-state index in [-0.39, 0.29) is 35.1 Å². The average Bonchev–Trinajstić information content (AvgIpc) is 3.37. The molecule has 45 heavy (non-hydrogen) atoms. The lowest BCUT2D eigenvalue weighted by atomic mass is 9.91. The number of carbonyl (C=O) groups excluding carboxylic acids is 1. The van der Waals surface area contributed by atoms with Gasteiger partial charge < -0.3 is 18.0 Å². The Morgan fingerprint density at radius 2 is 1.09 bits per heavy atom. The Bertz CT molecular complexity index is 1110. The lowest BCUT2D eigenvalue weighted by molar-refractivity contribution is -0.143. The number of esters is 1. The zero-order valence-corrected chi connectivity index (χ0v) is 33.0. The molecule has 5 nitrogen and oxygen atoms in total. The average molecular weight is 671 g/mol. The van der Waals surface area contributed by atoms with Gasteiger partial charge in [0.15, 0.2) is 16.6 Å².